The second kappa shape index (κ2) is 6.70. The lowest BCUT2D eigenvalue weighted by Crippen LogP contribution is -2.09. The second-order valence-corrected chi connectivity index (χ2v) is 5.49. The molecule has 112 valence electrons. The first-order chi connectivity index (χ1) is 10.1. The smallest absolute Gasteiger partial charge is 0.162 e. The molecule has 2 rings (SSSR count). The monoisotopic (exact) mass is 283 g/mol. The van der Waals surface area contributed by atoms with Crippen LogP contribution in [0.3, 0.4) is 0 Å². The average molecular weight is 283 g/mol. The van der Waals surface area contributed by atoms with Gasteiger partial charge in [0.1, 0.15) is 5.82 Å². The Hall–Kier alpha value is -1.90. The van der Waals surface area contributed by atoms with E-state index in [4.69, 9.17) is 9.97 Å². The van der Waals surface area contributed by atoms with Crippen molar-refractivity contribution in [3.8, 4) is 11.4 Å². The highest BCUT2D eigenvalue weighted by atomic mass is 15.0. The summed E-state index contributed by atoms with van der Waals surface area (Å²) in [6.45, 7) is 11.6. The molecule has 0 saturated heterocycles. The lowest BCUT2D eigenvalue weighted by Gasteiger charge is -2.15. The van der Waals surface area contributed by atoms with Gasteiger partial charge in [-0.2, -0.15) is 0 Å². The molecule has 0 unspecified atom stereocenters. The van der Waals surface area contributed by atoms with Crippen molar-refractivity contribution in [3.63, 3.8) is 0 Å². The lowest BCUT2D eigenvalue weighted by atomic mass is 10.0. The predicted octanol–water partition coefficient (Wildman–Crippen LogP) is 4.45. The number of anilines is 1. The molecule has 2 aromatic rings. The number of rotatable bonds is 5. The van der Waals surface area contributed by atoms with Crippen LogP contribution >= 0.6 is 0 Å². The summed E-state index contributed by atoms with van der Waals surface area (Å²) in [5.74, 6) is 1.81. The van der Waals surface area contributed by atoms with Crippen molar-refractivity contribution in [2.45, 2.75) is 47.5 Å². The highest BCUT2D eigenvalue weighted by molar-refractivity contribution is 5.64. The van der Waals surface area contributed by atoms with Gasteiger partial charge in [-0.05, 0) is 44.7 Å². The third kappa shape index (κ3) is 3.23. The van der Waals surface area contributed by atoms with Crippen LogP contribution in [0.5, 0.6) is 0 Å². The van der Waals surface area contributed by atoms with Gasteiger partial charge in [0.2, 0.25) is 0 Å². The van der Waals surface area contributed by atoms with Crippen molar-refractivity contribution < 1.29 is 0 Å². The van der Waals surface area contributed by atoms with Gasteiger partial charge in [-0.25, -0.2) is 9.97 Å². The Morgan fingerprint density at radius 1 is 1.05 bits per heavy atom. The van der Waals surface area contributed by atoms with Crippen molar-refractivity contribution in [2.75, 3.05) is 11.9 Å². The standard InChI is InChI=1S/C18H25N3/c1-6-11-19-17-15(7-2)14(5)20-18(21-17)16-10-8-9-12(3)13(16)4/h8-10H,6-7,11H2,1-5H3,(H,19,20,21). The van der Waals surface area contributed by atoms with E-state index in [9.17, 15) is 0 Å². The topological polar surface area (TPSA) is 37.8 Å². The summed E-state index contributed by atoms with van der Waals surface area (Å²) in [7, 11) is 0. The summed E-state index contributed by atoms with van der Waals surface area (Å²) < 4.78 is 0. The van der Waals surface area contributed by atoms with Gasteiger partial charge in [-0.1, -0.05) is 32.0 Å². The molecule has 0 saturated carbocycles. The van der Waals surface area contributed by atoms with E-state index in [1.807, 2.05) is 0 Å². The molecular weight excluding hydrogens is 258 g/mol. The van der Waals surface area contributed by atoms with Gasteiger partial charge in [-0.15, -0.1) is 0 Å². The van der Waals surface area contributed by atoms with Crippen molar-refractivity contribution in [1.82, 2.24) is 9.97 Å². The first-order valence-corrected chi connectivity index (χ1v) is 7.76. The van der Waals surface area contributed by atoms with Crippen molar-refractivity contribution in [3.05, 3.63) is 40.6 Å². The van der Waals surface area contributed by atoms with Crippen LogP contribution in [0.2, 0.25) is 0 Å². The predicted molar refractivity (Wildman–Crippen MR) is 89.8 cm³/mol. The van der Waals surface area contributed by atoms with Crippen LogP contribution in [0.15, 0.2) is 18.2 Å². The van der Waals surface area contributed by atoms with Crippen LogP contribution in [0.25, 0.3) is 11.4 Å². The fraction of sp³-hybridized carbons (Fsp3) is 0.444. The Bertz CT molecular complexity index is 633. The van der Waals surface area contributed by atoms with E-state index >= 15 is 0 Å². The zero-order valence-corrected chi connectivity index (χ0v) is 13.7. The molecule has 0 fully saturated rings. The molecule has 0 atom stereocenters. The molecule has 1 aromatic carbocycles. The van der Waals surface area contributed by atoms with Gasteiger partial charge in [0.05, 0.1) is 0 Å². The molecule has 0 spiro atoms. The van der Waals surface area contributed by atoms with Gasteiger partial charge in [-0.3, -0.25) is 0 Å². The molecule has 3 nitrogen and oxygen atoms in total. The fourth-order valence-corrected chi connectivity index (χ4v) is 2.52. The molecule has 0 bridgehead atoms. The Labute approximate surface area is 127 Å². The maximum Gasteiger partial charge on any atom is 0.162 e. The van der Waals surface area contributed by atoms with E-state index < -0.39 is 0 Å². The molecular formula is C18H25N3. The second-order valence-electron chi connectivity index (χ2n) is 5.49. The summed E-state index contributed by atoms with van der Waals surface area (Å²) in [5.41, 5.74) is 5.94. The number of hydrogen-bond acceptors (Lipinski definition) is 3. The number of aromatic nitrogens is 2. The van der Waals surface area contributed by atoms with Crippen LogP contribution in [0.4, 0.5) is 5.82 Å². The molecule has 0 radical (unpaired) electrons. The minimum atomic E-state index is 0.824. The third-order valence-electron chi connectivity index (χ3n) is 3.96. The SMILES string of the molecule is CCCNc1nc(-c2cccc(C)c2C)nc(C)c1CC. The summed E-state index contributed by atoms with van der Waals surface area (Å²) in [5, 5.41) is 3.45. The first-order valence-electron chi connectivity index (χ1n) is 7.76. The van der Waals surface area contributed by atoms with Crippen LogP contribution in [-0.4, -0.2) is 16.5 Å². The van der Waals surface area contributed by atoms with E-state index in [0.29, 0.717) is 0 Å². The molecule has 0 aliphatic heterocycles. The van der Waals surface area contributed by atoms with Crippen LogP contribution in [0, 0.1) is 20.8 Å². The Balaban J connectivity index is 2.54. The number of nitrogens with zero attached hydrogens (tertiary/aromatic N) is 2. The minimum absolute atomic E-state index is 0.824. The molecule has 21 heavy (non-hydrogen) atoms. The van der Waals surface area contributed by atoms with Crippen molar-refractivity contribution in [1.29, 1.82) is 0 Å². The Morgan fingerprint density at radius 2 is 1.81 bits per heavy atom. The quantitative estimate of drug-likeness (QED) is 0.880. The van der Waals surface area contributed by atoms with E-state index in [0.717, 1.165) is 42.3 Å². The normalized spacial score (nSPS) is 10.7. The zero-order valence-electron chi connectivity index (χ0n) is 13.7. The van der Waals surface area contributed by atoms with Gasteiger partial charge in [0.15, 0.2) is 5.82 Å². The minimum Gasteiger partial charge on any atom is -0.370 e. The van der Waals surface area contributed by atoms with Crippen LogP contribution < -0.4 is 5.32 Å². The fourth-order valence-electron chi connectivity index (χ4n) is 2.52. The molecule has 1 heterocycles. The lowest BCUT2D eigenvalue weighted by molar-refractivity contribution is 0.938. The Kier molecular flexibility index (Phi) is 4.94. The van der Waals surface area contributed by atoms with Gasteiger partial charge in [0, 0.05) is 23.4 Å². The van der Waals surface area contributed by atoms with Crippen LogP contribution in [-0.2, 0) is 6.42 Å². The van der Waals surface area contributed by atoms with E-state index in [1.165, 1.54) is 16.7 Å². The number of nitrogens with one attached hydrogen (secondary N) is 1. The first kappa shape index (κ1) is 15.5. The summed E-state index contributed by atoms with van der Waals surface area (Å²) >= 11 is 0. The van der Waals surface area contributed by atoms with E-state index in [1.54, 1.807) is 0 Å². The summed E-state index contributed by atoms with van der Waals surface area (Å²) in [6.07, 6.45) is 2.04. The summed E-state index contributed by atoms with van der Waals surface area (Å²) in [6, 6.07) is 6.30. The van der Waals surface area contributed by atoms with E-state index in [-0.39, 0.29) is 0 Å². The maximum atomic E-state index is 4.79. The highest BCUT2D eigenvalue weighted by Gasteiger charge is 2.13. The van der Waals surface area contributed by atoms with Crippen molar-refractivity contribution in [2.24, 2.45) is 0 Å². The van der Waals surface area contributed by atoms with Crippen LogP contribution in [0.1, 0.15) is 42.7 Å². The summed E-state index contributed by atoms with van der Waals surface area (Å²) in [4.78, 5) is 9.53. The third-order valence-corrected chi connectivity index (χ3v) is 3.96. The van der Waals surface area contributed by atoms with Gasteiger partial charge < -0.3 is 5.32 Å². The zero-order chi connectivity index (χ0) is 15.4. The van der Waals surface area contributed by atoms with E-state index in [2.05, 4.69) is 58.1 Å². The van der Waals surface area contributed by atoms with Gasteiger partial charge >= 0.3 is 0 Å². The highest BCUT2D eigenvalue weighted by Crippen LogP contribution is 2.26. The molecule has 1 aromatic heterocycles. The van der Waals surface area contributed by atoms with Crippen molar-refractivity contribution >= 4 is 5.82 Å². The number of benzene rings is 1. The molecule has 0 aliphatic carbocycles. The average Bonchev–Trinajstić information content (AvgIpc) is 2.47. The number of aryl methyl sites for hydroxylation is 2. The van der Waals surface area contributed by atoms with Gasteiger partial charge in [0.25, 0.3) is 0 Å². The maximum absolute atomic E-state index is 4.79. The molecule has 1 N–H and O–H groups in total. The Morgan fingerprint density at radius 3 is 2.48 bits per heavy atom. The number of hydrogen-bond donors (Lipinski definition) is 1. The largest absolute Gasteiger partial charge is 0.370 e. The molecule has 3 heteroatoms. The molecule has 0 aliphatic rings. The molecule has 0 amide bonds.